The van der Waals surface area contributed by atoms with Gasteiger partial charge in [-0.05, 0) is 12.0 Å². The van der Waals surface area contributed by atoms with Crippen molar-refractivity contribution in [1.82, 2.24) is 9.78 Å². The van der Waals surface area contributed by atoms with Gasteiger partial charge in [-0.3, -0.25) is 4.68 Å². The van der Waals surface area contributed by atoms with E-state index in [1.54, 1.807) is 0 Å². The van der Waals surface area contributed by atoms with Gasteiger partial charge in [-0.15, -0.1) is 0 Å². The third-order valence-electron chi connectivity index (χ3n) is 2.30. The van der Waals surface area contributed by atoms with Gasteiger partial charge in [0.1, 0.15) is 0 Å². The average molecular weight is 167 g/mol. The van der Waals surface area contributed by atoms with Crippen LogP contribution in [0.15, 0.2) is 12.3 Å². The average Bonchev–Trinajstić information content (AvgIpc) is 2.38. The van der Waals surface area contributed by atoms with Gasteiger partial charge in [-0.2, -0.15) is 5.10 Å². The zero-order valence-corrected chi connectivity index (χ0v) is 7.99. The summed E-state index contributed by atoms with van der Waals surface area (Å²) in [7, 11) is 1.96. The second-order valence-electron chi connectivity index (χ2n) is 3.47. The maximum Gasteiger partial charge on any atom is 0.0492 e. The highest BCUT2D eigenvalue weighted by Crippen LogP contribution is 2.21. The molecule has 1 rings (SSSR count). The fourth-order valence-corrected chi connectivity index (χ4v) is 1.48. The fourth-order valence-electron chi connectivity index (χ4n) is 1.48. The molecule has 3 nitrogen and oxygen atoms in total. The molecule has 1 heterocycles. The summed E-state index contributed by atoms with van der Waals surface area (Å²) in [6, 6.07) is 2.04. The molecule has 0 bridgehead atoms. The Bertz CT molecular complexity index is 240. The van der Waals surface area contributed by atoms with Crippen molar-refractivity contribution in [2.75, 3.05) is 6.54 Å². The Hall–Kier alpha value is -0.830. The molecule has 0 saturated carbocycles. The summed E-state index contributed by atoms with van der Waals surface area (Å²) in [6.45, 7) is 5.06. The maximum absolute atomic E-state index is 5.69. The standard InChI is InChI=1S/C9H17N3/c1-7(2)8(6-10)9-4-5-11-12(9)3/h4-5,7-8H,6,10H2,1-3H3/t8-/m0/s1. The van der Waals surface area contributed by atoms with Crippen LogP contribution >= 0.6 is 0 Å². The molecule has 1 aromatic heterocycles. The molecule has 0 aliphatic heterocycles. The highest BCUT2D eigenvalue weighted by atomic mass is 15.3. The predicted octanol–water partition coefficient (Wildman–Crippen LogP) is 1.12. The van der Waals surface area contributed by atoms with Crippen molar-refractivity contribution in [3.63, 3.8) is 0 Å². The van der Waals surface area contributed by atoms with E-state index in [2.05, 4.69) is 18.9 Å². The van der Waals surface area contributed by atoms with Crippen LogP contribution in [0.1, 0.15) is 25.5 Å². The lowest BCUT2D eigenvalue weighted by Crippen LogP contribution is -2.20. The highest BCUT2D eigenvalue weighted by Gasteiger charge is 2.16. The first-order chi connectivity index (χ1) is 5.66. The number of hydrogen-bond donors (Lipinski definition) is 1. The van der Waals surface area contributed by atoms with Crippen LogP contribution in [0.25, 0.3) is 0 Å². The van der Waals surface area contributed by atoms with E-state index in [0.717, 1.165) is 0 Å². The number of nitrogens with zero attached hydrogens (tertiary/aromatic N) is 2. The number of hydrogen-bond acceptors (Lipinski definition) is 2. The van der Waals surface area contributed by atoms with E-state index in [1.165, 1.54) is 5.69 Å². The molecular formula is C9H17N3. The van der Waals surface area contributed by atoms with Gasteiger partial charge in [-0.1, -0.05) is 13.8 Å². The van der Waals surface area contributed by atoms with Gasteiger partial charge in [0.15, 0.2) is 0 Å². The van der Waals surface area contributed by atoms with Crippen LogP contribution in [0, 0.1) is 5.92 Å². The smallest absolute Gasteiger partial charge is 0.0492 e. The van der Waals surface area contributed by atoms with Gasteiger partial charge in [0.2, 0.25) is 0 Å². The van der Waals surface area contributed by atoms with E-state index in [1.807, 2.05) is 24.0 Å². The van der Waals surface area contributed by atoms with Gasteiger partial charge >= 0.3 is 0 Å². The van der Waals surface area contributed by atoms with Crippen LogP contribution in [0.5, 0.6) is 0 Å². The number of aromatic nitrogens is 2. The molecular weight excluding hydrogens is 150 g/mol. The lowest BCUT2D eigenvalue weighted by molar-refractivity contribution is 0.474. The highest BCUT2D eigenvalue weighted by molar-refractivity contribution is 5.08. The zero-order chi connectivity index (χ0) is 9.14. The second kappa shape index (κ2) is 3.72. The molecule has 0 fully saturated rings. The SMILES string of the molecule is CC(C)[C@H](CN)c1ccnn1C. The van der Waals surface area contributed by atoms with Crippen molar-refractivity contribution < 1.29 is 0 Å². The van der Waals surface area contributed by atoms with E-state index < -0.39 is 0 Å². The summed E-state index contributed by atoms with van der Waals surface area (Å²) in [5.41, 5.74) is 6.92. The van der Waals surface area contributed by atoms with Crippen molar-refractivity contribution in [2.24, 2.45) is 18.7 Å². The van der Waals surface area contributed by atoms with E-state index in [0.29, 0.717) is 18.4 Å². The summed E-state index contributed by atoms with van der Waals surface area (Å²) in [5.74, 6) is 1.00. The number of nitrogens with two attached hydrogens (primary N) is 1. The Morgan fingerprint density at radius 1 is 1.58 bits per heavy atom. The third kappa shape index (κ3) is 1.67. The third-order valence-corrected chi connectivity index (χ3v) is 2.30. The lowest BCUT2D eigenvalue weighted by Gasteiger charge is -2.18. The number of aryl methyl sites for hydroxylation is 1. The molecule has 2 N–H and O–H groups in total. The lowest BCUT2D eigenvalue weighted by atomic mass is 9.93. The minimum Gasteiger partial charge on any atom is -0.330 e. The molecule has 0 saturated heterocycles. The molecule has 0 unspecified atom stereocenters. The van der Waals surface area contributed by atoms with Gasteiger partial charge in [-0.25, -0.2) is 0 Å². The predicted molar refractivity (Wildman–Crippen MR) is 49.8 cm³/mol. The molecule has 12 heavy (non-hydrogen) atoms. The van der Waals surface area contributed by atoms with Crippen molar-refractivity contribution >= 4 is 0 Å². The van der Waals surface area contributed by atoms with Crippen molar-refractivity contribution in [3.05, 3.63) is 18.0 Å². The monoisotopic (exact) mass is 167 g/mol. The van der Waals surface area contributed by atoms with E-state index in [9.17, 15) is 0 Å². The van der Waals surface area contributed by atoms with Crippen molar-refractivity contribution in [3.8, 4) is 0 Å². The minimum atomic E-state index is 0.428. The first-order valence-corrected chi connectivity index (χ1v) is 4.34. The molecule has 0 amide bonds. The topological polar surface area (TPSA) is 43.8 Å². The first-order valence-electron chi connectivity index (χ1n) is 4.34. The van der Waals surface area contributed by atoms with Crippen LogP contribution in [0.4, 0.5) is 0 Å². The van der Waals surface area contributed by atoms with Crippen molar-refractivity contribution in [1.29, 1.82) is 0 Å². The normalized spacial score (nSPS) is 13.8. The van der Waals surface area contributed by atoms with Crippen LogP contribution in [-0.2, 0) is 7.05 Å². The Morgan fingerprint density at radius 2 is 2.25 bits per heavy atom. The maximum atomic E-state index is 5.69. The van der Waals surface area contributed by atoms with Crippen LogP contribution < -0.4 is 5.73 Å². The molecule has 0 radical (unpaired) electrons. The van der Waals surface area contributed by atoms with E-state index in [4.69, 9.17) is 5.73 Å². The summed E-state index contributed by atoms with van der Waals surface area (Å²) < 4.78 is 1.90. The molecule has 68 valence electrons. The summed E-state index contributed by atoms with van der Waals surface area (Å²) in [4.78, 5) is 0. The molecule has 3 heteroatoms. The molecule has 0 aliphatic carbocycles. The summed E-state index contributed by atoms with van der Waals surface area (Å²) >= 11 is 0. The molecule has 1 aromatic rings. The Balaban J connectivity index is 2.87. The van der Waals surface area contributed by atoms with Gasteiger partial charge in [0.05, 0.1) is 0 Å². The Morgan fingerprint density at radius 3 is 2.58 bits per heavy atom. The van der Waals surface area contributed by atoms with Crippen LogP contribution in [-0.4, -0.2) is 16.3 Å². The quantitative estimate of drug-likeness (QED) is 0.733. The number of rotatable bonds is 3. The fraction of sp³-hybridized carbons (Fsp3) is 0.667. The molecule has 0 spiro atoms. The largest absolute Gasteiger partial charge is 0.330 e. The van der Waals surface area contributed by atoms with Crippen LogP contribution in [0.2, 0.25) is 0 Å². The first kappa shape index (κ1) is 9.26. The Labute approximate surface area is 73.6 Å². The van der Waals surface area contributed by atoms with Gasteiger partial charge < -0.3 is 5.73 Å². The summed E-state index contributed by atoms with van der Waals surface area (Å²) in [6.07, 6.45) is 1.82. The Kier molecular flexibility index (Phi) is 2.87. The molecule has 1 atom stereocenters. The molecule has 0 aromatic carbocycles. The van der Waals surface area contributed by atoms with Gasteiger partial charge in [0, 0.05) is 31.4 Å². The zero-order valence-electron chi connectivity index (χ0n) is 7.99. The molecule has 0 aliphatic rings. The van der Waals surface area contributed by atoms with Crippen molar-refractivity contribution in [2.45, 2.75) is 19.8 Å². The second-order valence-corrected chi connectivity index (χ2v) is 3.47. The van der Waals surface area contributed by atoms with Crippen LogP contribution in [0.3, 0.4) is 0 Å². The van der Waals surface area contributed by atoms with Gasteiger partial charge in [0.25, 0.3) is 0 Å². The van der Waals surface area contributed by atoms with E-state index >= 15 is 0 Å². The van der Waals surface area contributed by atoms with E-state index in [-0.39, 0.29) is 0 Å². The minimum absolute atomic E-state index is 0.428. The summed E-state index contributed by atoms with van der Waals surface area (Å²) in [5, 5.41) is 4.13.